The largest absolute Gasteiger partial charge is 0.402 e. The van der Waals surface area contributed by atoms with Gasteiger partial charge in [-0.3, -0.25) is 14.5 Å². The van der Waals surface area contributed by atoms with Crippen molar-refractivity contribution in [3.05, 3.63) is 83.9 Å². The molecule has 176 valence electrons. The highest BCUT2D eigenvalue weighted by atomic mass is 28.4. The minimum atomic E-state index is -2.34. The van der Waals surface area contributed by atoms with Crippen LogP contribution in [0.4, 0.5) is 0 Å². The zero-order valence-electron chi connectivity index (χ0n) is 20.7. The summed E-state index contributed by atoms with van der Waals surface area (Å²) in [6.07, 6.45) is 1.87. The molecule has 0 bridgehead atoms. The molecule has 33 heavy (non-hydrogen) atoms. The molecule has 2 atom stereocenters. The zero-order chi connectivity index (χ0) is 24.3. The lowest BCUT2D eigenvalue weighted by atomic mass is 9.86. The highest BCUT2D eigenvalue weighted by Gasteiger charge is 2.58. The van der Waals surface area contributed by atoms with Gasteiger partial charge >= 0.3 is 0 Å². The summed E-state index contributed by atoms with van der Waals surface area (Å²) in [5.41, 5.74) is 3.56. The second-order valence-electron chi connectivity index (χ2n) is 9.87. The maximum absolute atomic E-state index is 13.6. The Hall–Kier alpha value is -2.50. The summed E-state index contributed by atoms with van der Waals surface area (Å²) in [5, 5.41) is 0. The lowest BCUT2D eigenvalue weighted by molar-refractivity contribution is -0.159. The molecular formula is C28H37NO3Si. The fraction of sp³-hybridized carbons (Fsp3) is 0.429. The maximum Gasteiger partial charge on any atom is 0.261 e. The van der Waals surface area contributed by atoms with Gasteiger partial charge in [0.2, 0.25) is 8.32 Å². The third kappa shape index (κ3) is 4.49. The first-order chi connectivity index (χ1) is 15.7. The number of nitrogens with zero attached hydrogens (tertiary/aromatic N) is 1. The van der Waals surface area contributed by atoms with Crippen LogP contribution in [0.3, 0.4) is 0 Å². The van der Waals surface area contributed by atoms with Crippen molar-refractivity contribution in [2.75, 3.05) is 0 Å². The fourth-order valence-corrected chi connectivity index (χ4v) is 11.1. The van der Waals surface area contributed by atoms with Crippen LogP contribution in [0.15, 0.2) is 67.3 Å². The SMILES string of the molecule is C=CCc1ccccc1[C@H]1[C@@H](O[Si](C(C)C)(C(C)C)C(C)C)C(=O)N1C(=O)c1ccccc1. The van der Waals surface area contributed by atoms with E-state index in [0.717, 1.165) is 11.1 Å². The molecule has 0 N–H and O–H groups in total. The molecule has 0 aliphatic carbocycles. The van der Waals surface area contributed by atoms with Crippen molar-refractivity contribution in [1.82, 2.24) is 4.90 Å². The predicted octanol–water partition coefficient (Wildman–Crippen LogP) is 6.70. The quantitative estimate of drug-likeness (QED) is 0.180. The second-order valence-corrected chi connectivity index (χ2v) is 15.3. The van der Waals surface area contributed by atoms with E-state index in [0.29, 0.717) is 28.6 Å². The van der Waals surface area contributed by atoms with E-state index in [2.05, 4.69) is 48.1 Å². The van der Waals surface area contributed by atoms with Crippen molar-refractivity contribution in [2.45, 2.75) is 76.7 Å². The van der Waals surface area contributed by atoms with Gasteiger partial charge in [0.1, 0.15) is 0 Å². The topological polar surface area (TPSA) is 46.6 Å². The summed E-state index contributed by atoms with van der Waals surface area (Å²) in [6, 6.07) is 16.6. The molecule has 0 unspecified atom stereocenters. The number of benzene rings is 2. The summed E-state index contributed by atoms with van der Waals surface area (Å²) >= 11 is 0. The summed E-state index contributed by atoms with van der Waals surface area (Å²) in [4.78, 5) is 28.4. The van der Waals surface area contributed by atoms with Crippen LogP contribution in [-0.4, -0.2) is 31.1 Å². The Labute approximate surface area is 199 Å². The molecule has 2 amide bonds. The summed E-state index contributed by atoms with van der Waals surface area (Å²) in [5.74, 6) is -0.508. The first-order valence-corrected chi connectivity index (χ1v) is 14.1. The lowest BCUT2D eigenvalue weighted by Crippen LogP contribution is -2.66. The normalized spacial score (nSPS) is 18.7. The van der Waals surface area contributed by atoms with E-state index in [1.807, 2.05) is 48.5 Å². The highest BCUT2D eigenvalue weighted by molar-refractivity contribution is 6.77. The predicted molar refractivity (Wildman–Crippen MR) is 137 cm³/mol. The van der Waals surface area contributed by atoms with Gasteiger partial charge < -0.3 is 4.43 Å². The average Bonchev–Trinajstić information content (AvgIpc) is 2.78. The summed E-state index contributed by atoms with van der Waals surface area (Å²) in [6.45, 7) is 17.2. The van der Waals surface area contributed by atoms with E-state index in [9.17, 15) is 9.59 Å². The van der Waals surface area contributed by atoms with Gasteiger partial charge in [-0.15, -0.1) is 6.58 Å². The summed E-state index contributed by atoms with van der Waals surface area (Å²) < 4.78 is 6.96. The fourth-order valence-electron chi connectivity index (χ4n) is 5.62. The lowest BCUT2D eigenvalue weighted by Gasteiger charge is -2.52. The van der Waals surface area contributed by atoms with E-state index in [-0.39, 0.29) is 11.8 Å². The van der Waals surface area contributed by atoms with Crippen LogP contribution in [0.2, 0.25) is 16.6 Å². The van der Waals surface area contributed by atoms with Crippen LogP contribution < -0.4 is 0 Å². The van der Waals surface area contributed by atoms with Crippen molar-refractivity contribution >= 4 is 20.1 Å². The van der Waals surface area contributed by atoms with Crippen LogP contribution in [0.5, 0.6) is 0 Å². The Balaban J connectivity index is 2.09. The molecule has 0 spiro atoms. The molecule has 2 aromatic rings. The number of allylic oxidation sites excluding steroid dienone is 1. The number of carbonyl (C=O) groups excluding carboxylic acids is 2. The number of β-lactam (4-membered cyclic amide) rings is 1. The number of amides is 2. The standard InChI is InChI=1S/C28H37NO3Si/c1-8-14-22-15-12-13-18-24(22)25-26(32-33(19(2)3,20(4)5)21(6)7)28(31)29(25)27(30)23-16-10-9-11-17-23/h8-13,15-21,25-26H,1,14H2,2-7H3/t25-,26+/m0/s1. The van der Waals surface area contributed by atoms with Gasteiger partial charge in [0, 0.05) is 5.56 Å². The first kappa shape index (κ1) is 25.1. The van der Waals surface area contributed by atoms with Gasteiger partial charge in [0.15, 0.2) is 6.10 Å². The highest BCUT2D eigenvalue weighted by Crippen LogP contribution is 2.48. The Bertz CT molecular complexity index is 977. The number of hydrogen-bond acceptors (Lipinski definition) is 3. The molecule has 1 heterocycles. The second kappa shape index (κ2) is 10.2. The molecule has 0 saturated carbocycles. The third-order valence-electron chi connectivity index (χ3n) is 7.06. The minimum Gasteiger partial charge on any atom is -0.402 e. The van der Waals surface area contributed by atoms with Gasteiger partial charge in [-0.1, -0.05) is 90.1 Å². The molecule has 1 fully saturated rings. The number of likely N-dealkylation sites (tertiary alicyclic amines) is 1. The van der Waals surface area contributed by atoms with Crippen LogP contribution in [0.25, 0.3) is 0 Å². The van der Waals surface area contributed by atoms with Gasteiger partial charge in [0.05, 0.1) is 6.04 Å². The van der Waals surface area contributed by atoms with Gasteiger partial charge in [0.25, 0.3) is 11.8 Å². The van der Waals surface area contributed by atoms with Crippen LogP contribution in [-0.2, 0) is 15.6 Å². The Morgan fingerprint density at radius 1 is 0.970 bits per heavy atom. The van der Waals surface area contributed by atoms with E-state index in [1.54, 1.807) is 12.1 Å². The van der Waals surface area contributed by atoms with Gasteiger partial charge in [-0.25, -0.2) is 0 Å². The van der Waals surface area contributed by atoms with Crippen molar-refractivity contribution in [1.29, 1.82) is 0 Å². The van der Waals surface area contributed by atoms with Crippen molar-refractivity contribution < 1.29 is 14.0 Å². The number of hydrogen-bond donors (Lipinski definition) is 0. The third-order valence-corrected chi connectivity index (χ3v) is 13.1. The van der Waals surface area contributed by atoms with E-state index < -0.39 is 20.5 Å². The molecule has 2 aromatic carbocycles. The molecule has 5 heteroatoms. The minimum absolute atomic E-state index is 0.235. The molecule has 1 aliphatic heterocycles. The number of rotatable bonds is 9. The number of imide groups is 1. The van der Waals surface area contributed by atoms with E-state index in [4.69, 9.17) is 4.43 Å². The van der Waals surface area contributed by atoms with E-state index in [1.165, 1.54) is 4.90 Å². The monoisotopic (exact) mass is 463 g/mol. The Kier molecular flexibility index (Phi) is 7.75. The van der Waals surface area contributed by atoms with Crippen LogP contribution in [0, 0.1) is 0 Å². The molecule has 1 saturated heterocycles. The van der Waals surface area contributed by atoms with Crippen LogP contribution >= 0.6 is 0 Å². The smallest absolute Gasteiger partial charge is 0.261 e. The Morgan fingerprint density at radius 2 is 1.52 bits per heavy atom. The van der Waals surface area contributed by atoms with Gasteiger partial charge in [-0.05, 0) is 46.3 Å². The molecule has 3 rings (SSSR count). The zero-order valence-corrected chi connectivity index (χ0v) is 21.7. The summed E-state index contributed by atoms with van der Waals surface area (Å²) in [7, 11) is -2.34. The molecule has 0 radical (unpaired) electrons. The average molecular weight is 464 g/mol. The molecular weight excluding hydrogens is 426 g/mol. The molecule has 0 aromatic heterocycles. The van der Waals surface area contributed by atoms with Crippen LogP contribution in [0.1, 0.15) is 69.1 Å². The van der Waals surface area contributed by atoms with Gasteiger partial charge in [-0.2, -0.15) is 0 Å². The van der Waals surface area contributed by atoms with Crippen molar-refractivity contribution in [2.24, 2.45) is 0 Å². The molecule has 1 aliphatic rings. The van der Waals surface area contributed by atoms with E-state index >= 15 is 0 Å². The molecule has 4 nitrogen and oxygen atoms in total. The maximum atomic E-state index is 13.6. The van der Waals surface area contributed by atoms with Crippen molar-refractivity contribution in [3.8, 4) is 0 Å². The van der Waals surface area contributed by atoms with Crippen molar-refractivity contribution in [3.63, 3.8) is 0 Å². The number of carbonyl (C=O) groups is 2. The first-order valence-electron chi connectivity index (χ1n) is 12.0. The Morgan fingerprint density at radius 3 is 2.06 bits per heavy atom.